The van der Waals surface area contributed by atoms with E-state index in [-0.39, 0.29) is 11.9 Å². The fourth-order valence-corrected chi connectivity index (χ4v) is 2.37. The molecule has 0 amide bonds. The first-order chi connectivity index (χ1) is 9.78. The molecule has 0 saturated heterocycles. The maximum absolute atomic E-state index is 11.8. The molecule has 1 aliphatic rings. The standard InChI is InChI=1S/C15H17N3O2/c1-2-20-15(19)12-9-16-14-8-13(17-18(14)10-12)11-6-4-3-5-7-11/h3-8,12,16H,2,9-10H2,1H3. The van der Waals surface area contributed by atoms with Crippen molar-refractivity contribution < 1.29 is 9.53 Å². The summed E-state index contributed by atoms with van der Waals surface area (Å²) in [6.45, 7) is 3.39. The second kappa shape index (κ2) is 5.36. The number of fused-ring (bicyclic) bond motifs is 1. The SMILES string of the molecule is CCOC(=O)C1CNc2cc(-c3ccccc3)nn2C1. The molecule has 0 radical (unpaired) electrons. The molecule has 104 valence electrons. The van der Waals surface area contributed by atoms with E-state index in [1.54, 1.807) is 0 Å². The molecule has 0 aliphatic carbocycles. The van der Waals surface area contributed by atoms with Crippen molar-refractivity contribution in [1.82, 2.24) is 9.78 Å². The fraction of sp³-hybridized carbons (Fsp3) is 0.333. The summed E-state index contributed by atoms with van der Waals surface area (Å²) in [5, 5.41) is 7.80. The van der Waals surface area contributed by atoms with Crippen LogP contribution in [0, 0.1) is 5.92 Å². The molecule has 3 rings (SSSR count). The highest BCUT2D eigenvalue weighted by atomic mass is 16.5. The van der Waals surface area contributed by atoms with Crippen molar-refractivity contribution in [3.8, 4) is 11.3 Å². The highest BCUT2D eigenvalue weighted by molar-refractivity contribution is 5.74. The summed E-state index contributed by atoms with van der Waals surface area (Å²) in [7, 11) is 0. The van der Waals surface area contributed by atoms with Gasteiger partial charge >= 0.3 is 5.97 Å². The third kappa shape index (κ3) is 2.39. The Kier molecular flexibility index (Phi) is 3.41. The molecule has 0 saturated carbocycles. The van der Waals surface area contributed by atoms with Gasteiger partial charge in [-0.25, -0.2) is 4.68 Å². The van der Waals surface area contributed by atoms with E-state index in [9.17, 15) is 4.79 Å². The second-order valence-corrected chi connectivity index (χ2v) is 4.79. The van der Waals surface area contributed by atoms with E-state index < -0.39 is 0 Å². The zero-order valence-electron chi connectivity index (χ0n) is 11.4. The van der Waals surface area contributed by atoms with Crippen molar-refractivity contribution >= 4 is 11.8 Å². The molecule has 0 spiro atoms. The average molecular weight is 271 g/mol. The Hall–Kier alpha value is -2.30. The Morgan fingerprint density at radius 2 is 2.25 bits per heavy atom. The number of aromatic nitrogens is 2. The number of carbonyl (C=O) groups is 1. The van der Waals surface area contributed by atoms with Crippen LogP contribution in [-0.2, 0) is 16.1 Å². The van der Waals surface area contributed by atoms with E-state index in [1.807, 2.05) is 48.0 Å². The van der Waals surface area contributed by atoms with Crippen LogP contribution in [0.5, 0.6) is 0 Å². The van der Waals surface area contributed by atoms with Gasteiger partial charge in [0.25, 0.3) is 0 Å². The van der Waals surface area contributed by atoms with Gasteiger partial charge in [-0.1, -0.05) is 30.3 Å². The second-order valence-electron chi connectivity index (χ2n) is 4.79. The van der Waals surface area contributed by atoms with Gasteiger partial charge in [0.2, 0.25) is 0 Å². The van der Waals surface area contributed by atoms with Crippen LogP contribution in [0.1, 0.15) is 6.92 Å². The first-order valence-electron chi connectivity index (χ1n) is 6.81. The largest absolute Gasteiger partial charge is 0.466 e. The summed E-state index contributed by atoms with van der Waals surface area (Å²) in [6.07, 6.45) is 0. The topological polar surface area (TPSA) is 56.1 Å². The molecule has 1 aromatic carbocycles. The monoisotopic (exact) mass is 271 g/mol. The summed E-state index contributed by atoms with van der Waals surface area (Å²) < 4.78 is 6.91. The first-order valence-corrected chi connectivity index (χ1v) is 6.81. The molecule has 1 aromatic heterocycles. The highest BCUT2D eigenvalue weighted by Crippen LogP contribution is 2.25. The van der Waals surface area contributed by atoms with Crippen LogP contribution < -0.4 is 5.32 Å². The molecule has 20 heavy (non-hydrogen) atoms. The summed E-state index contributed by atoms with van der Waals surface area (Å²) >= 11 is 0. The minimum absolute atomic E-state index is 0.164. The van der Waals surface area contributed by atoms with Crippen LogP contribution in [-0.4, -0.2) is 28.9 Å². The van der Waals surface area contributed by atoms with Crippen molar-refractivity contribution in [2.45, 2.75) is 13.5 Å². The number of hydrogen-bond acceptors (Lipinski definition) is 4. The van der Waals surface area contributed by atoms with E-state index in [4.69, 9.17) is 4.74 Å². The first kappa shape index (κ1) is 12.7. The lowest BCUT2D eigenvalue weighted by Crippen LogP contribution is -2.34. The van der Waals surface area contributed by atoms with E-state index in [0.29, 0.717) is 19.7 Å². The zero-order chi connectivity index (χ0) is 13.9. The Bertz CT molecular complexity index is 607. The van der Waals surface area contributed by atoms with Crippen LogP contribution in [0.3, 0.4) is 0 Å². The lowest BCUT2D eigenvalue weighted by atomic mass is 10.1. The summed E-state index contributed by atoms with van der Waals surface area (Å²) in [5.74, 6) is 0.609. The molecule has 5 nitrogen and oxygen atoms in total. The lowest BCUT2D eigenvalue weighted by Gasteiger charge is -2.23. The number of hydrogen-bond donors (Lipinski definition) is 1. The molecule has 0 fully saturated rings. The maximum Gasteiger partial charge on any atom is 0.312 e. The lowest BCUT2D eigenvalue weighted by molar-refractivity contribution is -0.148. The Morgan fingerprint density at radius 3 is 3.00 bits per heavy atom. The van der Waals surface area contributed by atoms with Crippen LogP contribution in [0.25, 0.3) is 11.3 Å². The minimum atomic E-state index is -0.175. The number of ether oxygens (including phenoxy) is 1. The molecule has 1 unspecified atom stereocenters. The molecule has 1 aliphatic heterocycles. The number of carbonyl (C=O) groups excluding carboxylic acids is 1. The van der Waals surface area contributed by atoms with E-state index >= 15 is 0 Å². The number of nitrogens with one attached hydrogen (secondary N) is 1. The number of esters is 1. The van der Waals surface area contributed by atoms with Gasteiger partial charge in [0.1, 0.15) is 5.82 Å². The summed E-state index contributed by atoms with van der Waals surface area (Å²) in [5.41, 5.74) is 1.99. The molecule has 1 atom stereocenters. The van der Waals surface area contributed by atoms with Crippen LogP contribution >= 0.6 is 0 Å². The predicted octanol–water partition coefficient (Wildman–Crippen LogP) is 2.15. The molecule has 2 aromatic rings. The summed E-state index contributed by atoms with van der Waals surface area (Å²) in [6, 6.07) is 12.0. The van der Waals surface area contributed by atoms with Gasteiger partial charge in [-0.3, -0.25) is 4.79 Å². The minimum Gasteiger partial charge on any atom is -0.466 e. The zero-order valence-corrected chi connectivity index (χ0v) is 11.4. The third-order valence-electron chi connectivity index (χ3n) is 3.39. The Labute approximate surface area is 117 Å². The van der Waals surface area contributed by atoms with Gasteiger partial charge in [-0.2, -0.15) is 5.10 Å². The van der Waals surface area contributed by atoms with Gasteiger partial charge in [0, 0.05) is 18.2 Å². The average Bonchev–Trinajstić information content (AvgIpc) is 2.91. The van der Waals surface area contributed by atoms with E-state index in [2.05, 4.69) is 10.4 Å². The molecular formula is C15H17N3O2. The quantitative estimate of drug-likeness (QED) is 0.869. The van der Waals surface area contributed by atoms with Crippen molar-refractivity contribution in [3.05, 3.63) is 36.4 Å². The molecule has 5 heteroatoms. The molecule has 0 bridgehead atoms. The van der Waals surface area contributed by atoms with E-state index in [1.165, 1.54) is 0 Å². The van der Waals surface area contributed by atoms with Crippen molar-refractivity contribution in [3.63, 3.8) is 0 Å². The van der Waals surface area contributed by atoms with Gasteiger partial charge < -0.3 is 10.1 Å². The van der Waals surface area contributed by atoms with Crippen LogP contribution in [0.4, 0.5) is 5.82 Å². The number of nitrogens with zero attached hydrogens (tertiary/aromatic N) is 2. The summed E-state index contributed by atoms with van der Waals surface area (Å²) in [4.78, 5) is 11.8. The molecular weight excluding hydrogens is 254 g/mol. The van der Waals surface area contributed by atoms with Gasteiger partial charge in [-0.15, -0.1) is 0 Å². The maximum atomic E-state index is 11.8. The van der Waals surface area contributed by atoms with Gasteiger partial charge in [0.05, 0.1) is 24.8 Å². The normalized spacial score (nSPS) is 17.1. The smallest absolute Gasteiger partial charge is 0.312 e. The molecule has 1 N–H and O–H groups in total. The number of benzene rings is 1. The van der Waals surface area contributed by atoms with Crippen LogP contribution in [0.15, 0.2) is 36.4 Å². The fourth-order valence-electron chi connectivity index (χ4n) is 2.37. The van der Waals surface area contributed by atoms with Crippen molar-refractivity contribution in [1.29, 1.82) is 0 Å². The highest BCUT2D eigenvalue weighted by Gasteiger charge is 2.26. The predicted molar refractivity (Wildman–Crippen MR) is 76.3 cm³/mol. The molecule has 2 heterocycles. The number of rotatable bonds is 3. The Morgan fingerprint density at radius 1 is 1.45 bits per heavy atom. The Balaban J connectivity index is 1.81. The van der Waals surface area contributed by atoms with Crippen molar-refractivity contribution in [2.24, 2.45) is 5.92 Å². The van der Waals surface area contributed by atoms with E-state index in [0.717, 1.165) is 17.1 Å². The third-order valence-corrected chi connectivity index (χ3v) is 3.39. The number of anilines is 1. The van der Waals surface area contributed by atoms with Crippen molar-refractivity contribution in [2.75, 3.05) is 18.5 Å². The van der Waals surface area contributed by atoms with Gasteiger partial charge in [-0.05, 0) is 6.92 Å². The van der Waals surface area contributed by atoms with Gasteiger partial charge in [0.15, 0.2) is 0 Å². The van der Waals surface area contributed by atoms with Crippen LogP contribution in [0.2, 0.25) is 0 Å².